The van der Waals surface area contributed by atoms with Crippen molar-refractivity contribution in [3.8, 4) is 5.75 Å². The van der Waals surface area contributed by atoms with E-state index in [1.807, 2.05) is 5.32 Å². The minimum atomic E-state index is -3.91. The third-order valence-electron chi connectivity index (χ3n) is 3.98. The van der Waals surface area contributed by atoms with E-state index in [0.717, 1.165) is 6.26 Å². The van der Waals surface area contributed by atoms with Crippen molar-refractivity contribution in [2.45, 2.75) is 34.6 Å². The van der Waals surface area contributed by atoms with Crippen molar-refractivity contribution in [1.29, 1.82) is 0 Å². The van der Waals surface area contributed by atoms with Gasteiger partial charge in [0.1, 0.15) is 22.7 Å². The molecule has 10 nitrogen and oxygen atoms in total. The Kier molecular flexibility index (Phi) is 6.99. The largest absolute Gasteiger partial charge is 0.462 e. The molecule has 170 valence electrons. The van der Waals surface area contributed by atoms with Gasteiger partial charge >= 0.3 is 18.1 Å². The predicted molar refractivity (Wildman–Crippen MR) is 112 cm³/mol. The smallest absolute Gasteiger partial charge is 0.420 e. The molecule has 0 atom stereocenters. The third kappa shape index (κ3) is 6.20. The molecule has 1 aromatic heterocycles. The number of amides is 3. The Morgan fingerprint density at radius 2 is 1.84 bits per heavy atom. The summed E-state index contributed by atoms with van der Waals surface area (Å²) >= 11 is 0. The normalized spacial score (nSPS) is 11.8. The summed E-state index contributed by atoms with van der Waals surface area (Å²) in [5.74, 6) is -0.219. The Hall–Kier alpha value is -3.08. The lowest BCUT2D eigenvalue weighted by molar-refractivity contribution is 0.0526. The number of fused-ring (bicyclic) bond motifs is 1. The molecule has 31 heavy (non-hydrogen) atoms. The van der Waals surface area contributed by atoms with Crippen LogP contribution in [0, 0.1) is 12.3 Å². The Balaban J connectivity index is 2.22. The van der Waals surface area contributed by atoms with Crippen LogP contribution >= 0.6 is 0 Å². The van der Waals surface area contributed by atoms with Crippen LogP contribution in [0.3, 0.4) is 0 Å². The zero-order valence-electron chi connectivity index (χ0n) is 18.3. The second-order valence-corrected chi connectivity index (χ2v) is 9.97. The van der Waals surface area contributed by atoms with Crippen LogP contribution < -0.4 is 10.1 Å². The van der Waals surface area contributed by atoms with Crippen molar-refractivity contribution in [2.75, 3.05) is 19.4 Å². The second kappa shape index (κ2) is 8.96. The molecule has 2 rings (SSSR count). The lowest BCUT2D eigenvalue weighted by Gasteiger charge is -2.27. The molecule has 0 fully saturated rings. The summed E-state index contributed by atoms with van der Waals surface area (Å²) in [4.78, 5) is 36.7. The Morgan fingerprint density at radius 1 is 1.19 bits per heavy atom. The number of hydrogen-bond acceptors (Lipinski definition) is 8. The van der Waals surface area contributed by atoms with Crippen molar-refractivity contribution in [1.82, 2.24) is 9.62 Å². The monoisotopic (exact) mass is 454 g/mol. The number of urea groups is 1. The maximum atomic E-state index is 12.4. The summed E-state index contributed by atoms with van der Waals surface area (Å²) in [6, 6.07) is 3.17. The predicted octanol–water partition coefficient (Wildman–Crippen LogP) is 3.43. The van der Waals surface area contributed by atoms with Crippen LogP contribution in [0.25, 0.3) is 11.0 Å². The number of hydrogen-bond donors (Lipinski definition) is 1. The van der Waals surface area contributed by atoms with Gasteiger partial charge in [-0.3, -0.25) is 0 Å². The number of nitrogens with one attached hydrogen (secondary N) is 1. The first-order valence-corrected chi connectivity index (χ1v) is 11.3. The summed E-state index contributed by atoms with van der Waals surface area (Å²) in [5.41, 5.74) is 0.0582. The average molecular weight is 455 g/mol. The van der Waals surface area contributed by atoms with Gasteiger partial charge in [0.2, 0.25) is 10.0 Å². The molecule has 0 unspecified atom stereocenters. The quantitative estimate of drug-likeness (QED) is 0.680. The van der Waals surface area contributed by atoms with Crippen molar-refractivity contribution in [2.24, 2.45) is 5.41 Å². The first-order chi connectivity index (χ1) is 14.2. The van der Waals surface area contributed by atoms with E-state index < -0.39 is 33.5 Å². The standard InChI is InChI=1S/C20H26N2O8S/c1-7-28-17(23)16-12(2)29-15-9-8-13(10-14(15)16)30-19(25)21-18(24)22(31(6,26)27)11-20(3,4)5/h8-10H,7,11H2,1-6H3,(H,21,24,25). The number of rotatable bonds is 5. The third-order valence-corrected chi connectivity index (χ3v) is 5.07. The fraction of sp³-hybridized carbons (Fsp3) is 0.450. The minimum Gasteiger partial charge on any atom is -0.462 e. The first kappa shape index (κ1) is 24.2. The maximum absolute atomic E-state index is 12.4. The van der Waals surface area contributed by atoms with Crippen molar-refractivity contribution in [3.05, 3.63) is 29.5 Å². The highest BCUT2D eigenvalue weighted by atomic mass is 32.2. The van der Waals surface area contributed by atoms with Gasteiger partial charge in [-0.05, 0) is 37.5 Å². The lowest BCUT2D eigenvalue weighted by Crippen LogP contribution is -2.49. The highest BCUT2D eigenvalue weighted by Crippen LogP contribution is 2.29. The lowest BCUT2D eigenvalue weighted by atomic mass is 9.97. The van der Waals surface area contributed by atoms with Crippen molar-refractivity contribution >= 4 is 39.1 Å². The molecule has 2 aromatic rings. The van der Waals surface area contributed by atoms with E-state index in [0.29, 0.717) is 21.0 Å². The molecule has 3 amide bonds. The molecule has 0 saturated heterocycles. The molecule has 0 aliphatic heterocycles. The molecule has 1 N–H and O–H groups in total. The molecule has 0 spiro atoms. The molecule has 1 heterocycles. The summed E-state index contributed by atoms with van der Waals surface area (Å²) in [6.07, 6.45) is -0.305. The summed E-state index contributed by atoms with van der Waals surface area (Å²) in [7, 11) is -3.91. The van der Waals surface area contributed by atoms with Crippen molar-refractivity contribution < 1.29 is 36.7 Å². The Labute approximate surface area is 180 Å². The van der Waals surface area contributed by atoms with E-state index >= 15 is 0 Å². The number of nitrogens with zero attached hydrogens (tertiary/aromatic N) is 1. The van der Waals surface area contributed by atoms with Gasteiger partial charge in [-0.2, -0.15) is 0 Å². The second-order valence-electron chi connectivity index (χ2n) is 8.06. The van der Waals surface area contributed by atoms with E-state index in [-0.39, 0.29) is 24.5 Å². The fourth-order valence-corrected chi connectivity index (χ4v) is 3.74. The van der Waals surface area contributed by atoms with E-state index in [9.17, 15) is 22.8 Å². The summed E-state index contributed by atoms with van der Waals surface area (Å²) in [5, 5.41) is 2.27. The SMILES string of the molecule is CCOC(=O)c1c(C)oc2ccc(OC(=O)NC(=O)N(CC(C)(C)C)S(C)(=O)=O)cc12. The number of benzene rings is 1. The Bertz CT molecular complexity index is 1110. The molecule has 0 radical (unpaired) electrons. The van der Waals surface area contributed by atoms with Gasteiger partial charge in [-0.25, -0.2) is 32.4 Å². The van der Waals surface area contributed by atoms with Gasteiger partial charge in [0.05, 0.1) is 12.9 Å². The zero-order valence-corrected chi connectivity index (χ0v) is 19.1. The number of carbonyl (C=O) groups is 3. The van der Waals surface area contributed by atoms with E-state index in [1.54, 1.807) is 34.6 Å². The van der Waals surface area contributed by atoms with E-state index in [2.05, 4.69) is 0 Å². The summed E-state index contributed by atoms with van der Waals surface area (Å²) in [6.45, 7) is 8.57. The maximum Gasteiger partial charge on any atom is 0.420 e. The number of sulfonamides is 1. The van der Waals surface area contributed by atoms with Crippen molar-refractivity contribution in [3.63, 3.8) is 0 Å². The van der Waals surface area contributed by atoms with Crippen LogP contribution in [0.15, 0.2) is 22.6 Å². The highest BCUT2D eigenvalue weighted by Gasteiger charge is 2.30. The molecule has 0 saturated carbocycles. The number of ether oxygens (including phenoxy) is 2. The van der Waals surface area contributed by atoms with Gasteiger partial charge in [-0.1, -0.05) is 20.8 Å². The number of aryl methyl sites for hydroxylation is 1. The molecular weight excluding hydrogens is 428 g/mol. The molecule has 11 heteroatoms. The minimum absolute atomic E-state index is 0.0193. The van der Waals surface area contributed by atoms with E-state index in [1.165, 1.54) is 18.2 Å². The molecule has 0 aliphatic rings. The van der Waals surface area contributed by atoms with Crippen LogP contribution in [0.5, 0.6) is 5.75 Å². The van der Waals surface area contributed by atoms with Crippen LogP contribution in [-0.2, 0) is 14.8 Å². The van der Waals surface area contributed by atoms with Crippen LogP contribution in [-0.4, -0.2) is 50.2 Å². The van der Waals surface area contributed by atoms with E-state index in [4.69, 9.17) is 13.9 Å². The molecule has 1 aromatic carbocycles. The topological polar surface area (TPSA) is 132 Å². The van der Waals surface area contributed by atoms with Crippen LogP contribution in [0.2, 0.25) is 0 Å². The molecule has 0 aliphatic carbocycles. The number of carbonyl (C=O) groups excluding carboxylic acids is 3. The zero-order chi connectivity index (χ0) is 23.6. The number of furan rings is 1. The molecular formula is C20H26N2O8S. The highest BCUT2D eigenvalue weighted by molar-refractivity contribution is 7.88. The van der Waals surface area contributed by atoms with Gasteiger partial charge in [0, 0.05) is 11.9 Å². The number of esters is 1. The van der Waals surface area contributed by atoms with Gasteiger partial charge in [-0.15, -0.1) is 0 Å². The summed E-state index contributed by atoms with van der Waals surface area (Å²) < 4.78 is 40.1. The Morgan fingerprint density at radius 3 is 2.39 bits per heavy atom. The average Bonchev–Trinajstić information content (AvgIpc) is 2.93. The molecule has 0 bridgehead atoms. The number of imide groups is 1. The van der Waals surface area contributed by atoms with Gasteiger partial charge in [0.15, 0.2) is 0 Å². The van der Waals surface area contributed by atoms with Crippen LogP contribution in [0.1, 0.15) is 43.8 Å². The van der Waals surface area contributed by atoms with Crippen LogP contribution in [0.4, 0.5) is 9.59 Å². The van der Waals surface area contributed by atoms with Gasteiger partial charge in [0.25, 0.3) is 0 Å². The first-order valence-electron chi connectivity index (χ1n) is 9.43. The van der Waals surface area contributed by atoms with Gasteiger partial charge < -0.3 is 13.9 Å². The fourth-order valence-electron chi connectivity index (χ4n) is 2.77.